The second-order valence-electron chi connectivity index (χ2n) is 3.16. The van der Waals surface area contributed by atoms with E-state index >= 15 is 0 Å². The van der Waals surface area contributed by atoms with Crippen LogP contribution >= 0.6 is 11.8 Å². The van der Waals surface area contributed by atoms with Crippen molar-refractivity contribution in [3.8, 4) is 0 Å². The third-order valence-electron chi connectivity index (χ3n) is 1.54. The van der Waals surface area contributed by atoms with Crippen molar-refractivity contribution in [3.05, 3.63) is 5.89 Å². The SMILES string of the molecule is CC(Sc1nnc(C(C)C)o1)C(=O)O. The van der Waals surface area contributed by atoms with Gasteiger partial charge in [-0.15, -0.1) is 10.2 Å². The van der Waals surface area contributed by atoms with E-state index < -0.39 is 11.2 Å². The summed E-state index contributed by atoms with van der Waals surface area (Å²) in [6, 6.07) is 0. The van der Waals surface area contributed by atoms with Gasteiger partial charge in [0.25, 0.3) is 5.22 Å². The van der Waals surface area contributed by atoms with Gasteiger partial charge in [-0.25, -0.2) is 0 Å². The number of rotatable bonds is 4. The maximum absolute atomic E-state index is 10.5. The molecule has 78 valence electrons. The molecule has 0 aliphatic rings. The first-order valence-electron chi connectivity index (χ1n) is 4.23. The van der Waals surface area contributed by atoms with Crippen molar-refractivity contribution < 1.29 is 14.3 Å². The zero-order chi connectivity index (χ0) is 10.7. The molecule has 0 saturated carbocycles. The molecule has 0 spiro atoms. The van der Waals surface area contributed by atoms with Crippen molar-refractivity contribution in [1.29, 1.82) is 0 Å². The number of carboxylic acid groups (broad SMARTS) is 1. The maximum atomic E-state index is 10.5. The fourth-order valence-electron chi connectivity index (χ4n) is 0.703. The largest absolute Gasteiger partial charge is 0.480 e. The Bertz CT molecular complexity index is 324. The topological polar surface area (TPSA) is 76.2 Å². The van der Waals surface area contributed by atoms with E-state index in [1.165, 1.54) is 0 Å². The number of carbonyl (C=O) groups is 1. The Balaban J connectivity index is 2.64. The lowest BCUT2D eigenvalue weighted by Gasteiger charge is -2.00. The van der Waals surface area contributed by atoms with Gasteiger partial charge in [0.2, 0.25) is 5.89 Å². The highest BCUT2D eigenvalue weighted by molar-refractivity contribution is 8.00. The van der Waals surface area contributed by atoms with Gasteiger partial charge in [-0.1, -0.05) is 25.6 Å². The Morgan fingerprint density at radius 1 is 1.43 bits per heavy atom. The molecule has 1 unspecified atom stereocenters. The van der Waals surface area contributed by atoms with E-state index in [0.29, 0.717) is 11.1 Å². The first-order chi connectivity index (χ1) is 6.50. The van der Waals surface area contributed by atoms with E-state index in [1.807, 2.05) is 13.8 Å². The Kier molecular flexibility index (Phi) is 3.51. The van der Waals surface area contributed by atoms with Crippen LogP contribution in [0.2, 0.25) is 0 Å². The molecular formula is C8H12N2O3S. The molecule has 1 rings (SSSR count). The Labute approximate surface area is 85.9 Å². The first-order valence-corrected chi connectivity index (χ1v) is 5.11. The van der Waals surface area contributed by atoms with Crippen LogP contribution in [0.4, 0.5) is 0 Å². The van der Waals surface area contributed by atoms with Crippen molar-refractivity contribution in [3.63, 3.8) is 0 Å². The molecular weight excluding hydrogens is 204 g/mol. The number of hydrogen-bond donors (Lipinski definition) is 1. The lowest BCUT2D eigenvalue weighted by Crippen LogP contribution is -2.10. The molecule has 1 atom stereocenters. The molecule has 0 aromatic carbocycles. The summed E-state index contributed by atoms with van der Waals surface area (Å²) in [6.45, 7) is 5.44. The summed E-state index contributed by atoms with van der Waals surface area (Å²) in [4.78, 5) is 10.5. The van der Waals surface area contributed by atoms with Crippen LogP contribution in [-0.4, -0.2) is 26.5 Å². The maximum Gasteiger partial charge on any atom is 0.316 e. The smallest absolute Gasteiger partial charge is 0.316 e. The van der Waals surface area contributed by atoms with Crippen LogP contribution in [0.3, 0.4) is 0 Å². The van der Waals surface area contributed by atoms with Crippen LogP contribution in [0.15, 0.2) is 9.64 Å². The predicted octanol–water partition coefficient (Wildman–Crippen LogP) is 1.76. The highest BCUT2D eigenvalue weighted by Gasteiger charge is 2.17. The Morgan fingerprint density at radius 2 is 2.07 bits per heavy atom. The molecule has 0 saturated heterocycles. The summed E-state index contributed by atoms with van der Waals surface area (Å²) >= 11 is 1.05. The van der Waals surface area contributed by atoms with Gasteiger partial charge in [0.15, 0.2) is 0 Å². The van der Waals surface area contributed by atoms with Crippen molar-refractivity contribution in [2.45, 2.75) is 37.2 Å². The van der Waals surface area contributed by atoms with Gasteiger partial charge < -0.3 is 9.52 Å². The number of thioether (sulfide) groups is 1. The fourth-order valence-corrected chi connectivity index (χ4v) is 1.33. The van der Waals surface area contributed by atoms with E-state index in [1.54, 1.807) is 6.92 Å². The molecule has 0 aliphatic heterocycles. The molecule has 0 bridgehead atoms. The molecule has 1 heterocycles. The van der Waals surface area contributed by atoms with Crippen LogP contribution in [0.25, 0.3) is 0 Å². The van der Waals surface area contributed by atoms with E-state index in [9.17, 15) is 4.79 Å². The molecule has 0 aliphatic carbocycles. The van der Waals surface area contributed by atoms with Crippen LogP contribution in [0, 0.1) is 0 Å². The number of nitrogens with zero attached hydrogens (tertiary/aromatic N) is 2. The standard InChI is InChI=1S/C8H12N2O3S/c1-4(2)6-9-10-8(13-6)14-5(3)7(11)12/h4-5H,1-3H3,(H,11,12). The van der Waals surface area contributed by atoms with Gasteiger partial charge in [0.1, 0.15) is 5.25 Å². The lowest BCUT2D eigenvalue weighted by atomic mass is 10.2. The van der Waals surface area contributed by atoms with Crippen molar-refractivity contribution in [2.75, 3.05) is 0 Å². The molecule has 5 nitrogen and oxygen atoms in total. The van der Waals surface area contributed by atoms with Crippen LogP contribution in [-0.2, 0) is 4.79 Å². The fraction of sp³-hybridized carbons (Fsp3) is 0.625. The molecule has 0 radical (unpaired) electrons. The third kappa shape index (κ3) is 2.73. The van der Waals surface area contributed by atoms with Crippen LogP contribution in [0.1, 0.15) is 32.6 Å². The number of aliphatic carboxylic acids is 1. The van der Waals surface area contributed by atoms with E-state index in [0.717, 1.165) is 11.8 Å². The Hall–Kier alpha value is -1.04. The zero-order valence-corrected chi connectivity index (χ0v) is 9.04. The van der Waals surface area contributed by atoms with Crippen LogP contribution in [0.5, 0.6) is 0 Å². The van der Waals surface area contributed by atoms with Gasteiger partial charge in [-0.3, -0.25) is 4.79 Å². The average Bonchev–Trinajstić information content (AvgIpc) is 2.52. The summed E-state index contributed by atoms with van der Waals surface area (Å²) in [5.41, 5.74) is 0. The summed E-state index contributed by atoms with van der Waals surface area (Å²) < 4.78 is 5.24. The second-order valence-corrected chi connectivity index (χ2v) is 4.45. The second kappa shape index (κ2) is 4.45. The molecule has 1 N–H and O–H groups in total. The van der Waals surface area contributed by atoms with Gasteiger partial charge >= 0.3 is 5.97 Å². The number of hydrogen-bond acceptors (Lipinski definition) is 5. The van der Waals surface area contributed by atoms with Crippen molar-refractivity contribution in [2.24, 2.45) is 0 Å². The minimum atomic E-state index is -0.890. The van der Waals surface area contributed by atoms with E-state index in [2.05, 4.69) is 10.2 Å². The van der Waals surface area contributed by atoms with Gasteiger partial charge in [0, 0.05) is 5.92 Å². The first kappa shape index (κ1) is 11.0. The molecule has 1 aromatic rings. The molecule has 0 amide bonds. The highest BCUT2D eigenvalue weighted by Crippen LogP contribution is 2.23. The molecule has 6 heteroatoms. The van der Waals surface area contributed by atoms with Crippen LogP contribution < -0.4 is 0 Å². The summed E-state index contributed by atoms with van der Waals surface area (Å²) in [5.74, 6) is -0.193. The van der Waals surface area contributed by atoms with Crippen molar-refractivity contribution >= 4 is 17.7 Å². The number of carboxylic acids is 1. The monoisotopic (exact) mass is 216 g/mol. The summed E-state index contributed by atoms with van der Waals surface area (Å²) in [5, 5.41) is 15.9. The quantitative estimate of drug-likeness (QED) is 0.773. The van der Waals surface area contributed by atoms with Gasteiger partial charge in [0.05, 0.1) is 0 Å². The van der Waals surface area contributed by atoms with Gasteiger partial charge in [-0.2, -0.15) is 0 Å². The zero-order valence-electron chi connectivity index (χ0n) is 8.22. The lowest BCUT2D eigenvalue weighted by molar-refractivity contribution is -0.136. The van der Waals surface area contributed by atoms with Gasteiger partial charge in [-0.05, 0) is 6.92 Å². The predicted molar refractivity (Wildman–Crippen MR) is 51.3 cm³/mol. The third-order valence-corrected chi connectivity index (χ3v) is 2.46. The summed E-state index contributed by atoms with van der Waals surface area (Å²) in [7, 11) is 0. The Morgan fingerprint density at radius 3 is 2.50 bits per heavy atom. The van der Waals surface area contributed by atoms with E-state index in [4.69, 9.17) is 9.52 Å². The minimum absolute atomic E-state index is 0.164. The van der Waals surface area contributed by atoms with E-state index in [-0.39, 0.29) is 5.92 Å². The molecule has 1 aromatic heterocycles. The minimum Gasteiger partial charge on any atom is -0.480 e. The van der Waals surface area contributed by atoms with Crippen molar-refractivity contribution in [1.82, 2.24) is 10.2 Å². The molecule has 0 fully saturated rings. The normalized spacial score (nSPS) is 13.1. The summed E-state index contributed by atoms with van der Waals surface area (Å²) in [6.07, 6.45) is 0. The average molecular weight is 216 g/mol. The highest BCUT2D eigenvalue weighted by atomic mass is 32.2. The number of aromatic nitrogens is 2. The molecule has 14 heavy (non-hydrogen) atoms.